The molecule has 2 aromatic carbocycles. The molecule has 3 nitrogen and oxygen atoms in total. The number of benzene rings is 2. The van der Waals surface area contributed by atoms with E-state index in [2.05, 4.69) is 57.5 Å². The molecule has 0 aliphatic carbocycles. The number of hydrogen-bond acceptors (Lipinski definition) is 4. The van der Waals surface area contributed by atoms with Crippen LogP contribution in [0.1, 0.15) is 9.68 Å². The summed E-state index contributed by atoms with van der Waals surface area (Å²) in [6.07, 6.45) is 8.04. The van der Waals surface area contributed by atoms with Crippen LogP contribution in [0.25, 0.3) is 42.7 Å². The Morgan fingerprint density at radius 3 is 2.39 bits per heavy atom. The Hall–Kier alpha value is -3.24. The van der Waals surface area contributed by atoms with Crippen molar-refractivity contribution < 1.29 is 24.2 Å². The van der Waals surface area contributed by atoms with Crippen LogP contribution >= 0.6 is 11.3 Å². The van der Waals surface area contributed by atoms with Gasteiger partial charge in [-0.25, -0.2) is 0 Å². The van der Waals surface area contributed by atoms with Crippen molar-refractivity contribution in [1.29, 1.82) is 0 Å². The van der Waals surface area contributed by atoms with Crippen molar-refractivity contribution in [2.75, 3.05) is 0 Å². The van der Waals surface area contributed by atoms with Crippen molar-refractivity contribution >= 4 is 31.5 Å². The largest absolute Gasteiger partial charge is 0.360 e. The van der Waals surface area contributed by atoms with Gasteiger partial charge in [-0.05, 0) is 46.8 Å². The van der Waals surface area contributed by atoms with Crippen LogP contribution in [0.15, 0.2) is 97.5 Å². The number of aryl methyl sites for hydroxylation is 1. The summed E-state index contributed by atoms with van der Waals surface area (Å²) in [6, 6.07) is 28.2. The van der Waals surface area contributed by atoms with Gasteiger partial charge < -0.3 is 15.0 Å². The van der Waals surface area contributed by atoms with Crippen LogP contribution < -0.4 is 0 Å². The van der Waals surface area contributed by atoms with E-state index >= 15 is 0 Å². The molecule has 0 amide bonds. The molecule has 33 heavy (non-hydrogen) atoms. The maximum absolute atomic E-state index is 7.23. The number of hydrogen-bond donors (Lipinski definition) is 0. The normalized spacial score (nSPS) is 12.1. The monoisotopic (exact) mass is 625 g/mol. The van der Waals surface area contributed by atoms with Crippen LogP contribution in [0, 0.1) is 19.1 Å². The maximum atomic E-state index is 7.23. The van der Waals surface area contributed by atoms with E-state index in [0.717, 1.165) is 22.5 Å². The van der Waals surface area contributed by atoms with Crippen LogP contribution in [0.5, 0.6) is 0 Å². The van der Waals surface area contributed by atoms with Gasteiger partial charge in [-0.3, -0.25) is 0 Å². The predicted molar refractivity (Wildman–Crippen MR) is 132 cm³/mol. The van der Waals surface area contributed by atoms with Gasteiger partial charge in [0.1, 0.15) is 0 Å². The van der Waals surface area contributed by atoms with Gasteiger partial charge in [0.2, 0.25) is 0 Å². The Balaban J connectivity index is 0.000000167. The molecule has 0 spiro atoms. The standard InChI is InChI=1S/C16H9N2S.C12H10N.Ir/c1-2-6-15-12(5-1)13-8-14(18-10-16(13)19-15)11-4-3-7-17-9-11;1-10-7-8-12(13-9-10)11-5-3-2-4-6-11;/h1-8,10H;2-5,7-9H,1H3;/q2*-1;/i;1D3;. The first-order chi connectivity index (χ1) is 17.0. The van der Waals surface area contributed by atoms with E-state index in [1.165, 1.54) is 26.4 Å². The molecule has 6 rings (SSSR count). The van der Waals surface area contributed by atoms with Crippen LogP contribution in [-0.2, 0) is 20.1 Å². The minimum Gasteiger partial charge on any atom is -0.360 e. The minimum atomic E-state index is -2.09. The summed E-state index contributed by atoms with van der Waals surface area (Å²) >= 11 is 1.78. The van der Waals surface area contributed by atoms with Crippen molar-refractivity contribution in [3.8, 4) is 22.5 Å². The van der Waals surface area contributed by atoms with Gasteiger partial charge in [0.25, 0.3) is 0 Å². The zero-order valence-electron chi connectivity index (χ0n) is 20.3. The molecule has 163 valence electrons. The fourth-order valence-electron chi connectivity index (χ4n) is 3.35. The van der Waals surface area contributed by atoms with Gasteiger partial charge in [0.05, 0.1) is 4.70 Å². The Bertz CT molecular complexity index is 1570. The van der Waals surface area contributed by atoms with E-state index in [1.54, 1.807) is 35.7 Å². The van der Waals surface area contributed by atoms with E-state index in [4.69, 9.17) is 4.11 Å². The second kappa shape index (κ2) is 10.6. The smallest absolute Gasteiger partial charge is 0.0521 e. The first-order valence-corrected chi connectivity index (χ1v) is 10.8. The molecule has 0 unspecified atom stereocenters. The molecule has 0 N–H and O–H groups in total. The molecular formula is C28H19IrN3S-2. The van der Waals surface area contributed by atoms with Crippen molar-refractivity contribution in [2.24, 2.45) is 0 Å². The number of fused-ring (bicyclic) bond motifs is 3. The molecule has 0 atom stereocenters. The van der Waals surface area contributed by atoms with Gasteiger partial charge >= 0.3 is 0 Å². The van der Waals surface area contributed by atoms with Gasteiger partial charge in [-0.1, -0.05) is 42.6 Å². The molecule has 0 bridgehead atoms. The molecule has 1 radical (unpaired) electrons. The van der Waals surface area contributed by atoms with Crippen LogP contribution in [-0.4, -0.2) is 15.0 Å². The molecule has 0 aliphatic heterocycles. The fraction of sp³-hybridized carbons (Fsp3) is 0.0357. The third kappa shape index (κ3) is 5.23. The zero-order chi connectivity index (χ0) is 24.3. The number of nitrogens with zero attached hydrogens (tertiary/aromatic N) is 3. The van der Waals surface area contributed by atoms with Crippen LogP contribution in [0.2, 0.25) is 0 Å². The van der Waals surface area contributed by atoms with Gasteiger partial charge in [-0.2, -0.15) is 0 Å². The van der Waals surface area contributed by atoms with Crippen LogP contribution in [0.3, 0.4) is 0 Å². The Morgan fingerprint density at radius 2 is 1.64 bits per heavy atom. The second-order valence-electron chi connectivity index (χ2n) is 7.04. The number of aromatic nitrogens is 3. The molecule has 0 saturated carbocycles. The van der Waals surface area contributed by atoms with Gasteiger partial charge in [0.15, 0.2) is 0 Å². The van der Waals surface area contributed by atoms with E-state index < -0.39 is 6.85 Å². The molecule has 0 fully saturated rings. The summed E-state index contributed by atoms with van der Waals surface area (Å²) in [5.41, 5.74) is 3.70. The van der Waals surface area contributed by atoms with E-state index in [-0.39, 0.29) is 25.7 Å². The Kier molecular flexibility index (Phi) is 6.17. The topological polar surface area (TPSA) is 38.7 Å². The number of thiophene rings is 1. The predicted octanol–water partition coefficient (Wildman–Crippen LogP) is 7.17. The summed E-state index contributed by atoms with van der Waals surface area (Å²) in [5, 5.41) is 2.54. The van der Waals surface area contributed by atoms with Gasteiger partial charge in [0, 0.05) is 41.3 Å². The van der Waals surface area contributed by atoms with Gasteiger partial charge in [-0.15, -0.1) is 64.9 Å². The Labute approximate surface area is 214 Å². The molecule has 0 saturated heterocycles. The first kappa shape index (κ1) is 19.2. The summed E-state index contributed by atoms with van der Waals surface area (Å²) < 4.78 is 24.2. The fourth-order valence-corrected chi connectivity index (χ4v) is 4.41. The molecule has 6 aromatic rings. The molecular weight excluding hydrogens is 603 g/mol. The molecule has 0 aliphatic rings. The van der Waals surface area contributed by atoms with Crippen LogP contribution in [0.4, 0.5) is 0 Å². The zero-order valence-corrected chi connectivity index (χ0v) is 20.5. The molecule has 4 heterocycles. The average molecular weight is 625 g/mol. The quantitative estimate of drug-likeness (QED) is 0.192. The molecule has 4 aromatic heterocycles. The number of pyridine rings is 3. The minimum absolute atomic E-state index is 0. The third-order valence-corrected chi connectivity index (χ3v) is 6.02. The van der Waals surface area contributed by atoms with Crippen molar-refractivity contribution in [3.05, 3.63) is 115 Å². The Morgan fingerprint density at radius 1 is 0.788 bits per heavy atom. The van der Waals surface area contributed by atoms with E-state index in [0.29, 0.717) is 0 Å². The summed E-state index contributed by atoms with van der Waals surface area (Å²) in [7, 11) is 0. The molecule has 5 heteroatoms. The summed E-state index contributed by atoms with van der Waals surface area (Å²) in [5.74, 6) is 0. The second-order valence-corrected chi connectivity index (χ2v) is 8.12. The third-order valence-electron chi connectivity index (χ3n) is 4.90. The SMILES string of the molecule is [2H]C([2H])([2H])c1ccc(-c2[c-]cccc2)nc1.[Ir].[c-]1ncccc1-c1cc2c(cn1)sc1ccccc12. The van der Waals surface area contributed by atoms with E-state index in [9.17, 15) is 0 Å². The number of rotatable bonds is 2. The average Bonchev–Trinajstić information content (AvgIpc) is 3.28. The maximum Gasteiger partial charge on any atom is 0.0521 e. The first-order valence-electron chi connectivity index (χ1n) is 11.5. The van der Waals surface area contributed by atoms with Crippen molar-refractivity contribution in [2.45, 2.75) is 6.85 Å². The summed E-state index contributed by atoms with van der Waals surface area (Å²) in [4.78, 5) is 12.7. The van der Waals surface area contributed by atoms with E-state index in [1.807, 2.05) is 36.5 Å². The summed E-state index contributed by atoms with van der Waals surface area (Å²) in [6.45, 7) is -2.09. The van der Waals surface area contributed by atoms with Crippen molar-refractivity contribution in [1.82, 2.24) is 15.0 Å². The van der Waals surface area contributed by atoms with Crippen molar-refractivity contribution in [3.63, 3.8) is 0 Å².